The average Bonchev–Trinajstić information content (AvgIpc) is 2.79. The van der Waals surface area contributed by atoms with E-state index < -0.39 is 0 Å². The molecule has 17 heavy (non-hydrogen) atoms. The van der Waals surface area contributed by atoms with E-state index in [0.29, 0.717) is 0 Å². The Labute approximate surface area is 104 Å². The van der Waals surface area contributed by atoms with Gasteiger partial charge >= 0.3 is 0 Å². The Hall–Kier alpha value is -1.22. The molecule has 1 aromatic carbocycles. The Morgan fingerprint density at radius 3 is 2.76 bits per heavy atom. The lowest BCUT2D eigenvalue weighted by Gasteiger charge is -2.15. The van der Waals surface area contributed by atoms with E-state index in [-0.39, 0.29) is 0 Å². The fraction of sp³-hybridized carbons (Fsp3) is 0.571. The van der Waals surface area contributed by atoms with Crippen LogP contribution in [0.4, 0.5) is 11.4 Å². The van der Waals surface area contributed by atoms with Crippen molar-refractivity contribution in [3.63, 3.8) is 0 Å². The number of nitrogens with two attached hydrogens (primary N) is 1. The van der Waals surface area contributed by atoms with Crippen LogP contribution < -0.4 is 11.1 Å². The molecule has 1 aromatic rings. The van der Waals surface area contributed by atoms with Gasteiger partial charge in [0.25, 0.3) is 0 Å². The van der Waals surface area contributed by atoms with Crippen molar-refractivity contribution in [3.8, 4) is 0 Å². The monoisotopic (exact) mass is 233 g/mol. The lowest BCUT2D eigenvalue weighted by molar-refractivity contribution is 0.337. The minimum atomic E-state index is 0.853. The van der Waals surface area contributed by atoms with Gasteiger partial charge in [-0.15, -0.1) is 0 Å². The van der Waals surface area contributed by atoms with E-state index in [1.165, 1.54) is 44.5 Å². The van der Waals surface area contributed by atoms with Crippen molar-refractivity contribution < 1.29 is 0 Å². The smallest absolute Gasteiger partial charge is 0.0574 e. The van der Waals surface area contributed by atoms with Gasteiger partial charge in [-0.3, -0.25) is 0 Å². The number of anilines is 2. The lowest BCUT2D eigenvalue weighted by Crippen LogP contribution is -2.22. The van der Waals surface area contributed by atoms with Crippen LogP contribution in [0, 0.1) is 6.92 Å². The van der Waals surface area contributed by atoms with Crippen molar-refractivity contribution in [3.05, 3.63) is 23.8 Å². The summed E-state index contributed by atoms with van der Waals surface area (Å²) in [6.45, 7) is 6.84. The summed E-state index contributed by atoms with van der Waals surface area (Å²) in [6, 6.07) is 6.18. The Kier molecular flexibility index (Phi) is 4.26. The zero-order valence-corrected chi connectivity index (χ0v) is 10.7. The summed E-state index contributed by atoms with van der Waals surface area (Å²) in [6.07, 6.45) is 3.93. The molecule has 2 rings (SSSR count). The first-order valence-corrected chi connectivity index (χ1v) is 6.58. The second kappa shape index (κ2) is 5.92. The van der Waals surface area contributed by atoms with E-state index in [1.807, 2.05) is 6.07 Å². The molecule has 3 heteroatoms. The molecule has 3 N–H and O–H groups in total. The number of nitrogen functional groups attached to an aromatic ring is 1. The molecule has 0 unspecified atom stereocenters. The molecule has 1 saturated heterocycles. The normalized spacial score (nSPS) is 16.3. The predicted molar refractivity (Wildman–Crippen MR) is 74.4 cm³/mol. The van der Waals surface area contributed by atoms with Gasteiger partial charge in [-0.1, -0.05) is 6.07 Å². The Morgan fingerprint density at radius 2 is 2.06 bits per heavy atom. The SMILES string of the molecule is Cc1ccc(NCCCN2CCCC2)c(N)c1. The van der Waals surface area contributed by atoms with Crippen molar-refractivity contribution in [2.24, 2.45) is 0 Å². The van der Waals surface area contributed by atoms with Crippen LogP contribution in [-0.2, 0) is 0 Å². The topological polar surface area (TPSA) is 41.3 Å². The molecule has 0 amide bonds. The van der Waals surface area contributed by atoms with E-state index in [9.17, 15) is 0 Å². The molecule has 0 radical (unpaired) electrons. The third kappa shape index (κ3) is 3.63. The van der Waals surface area contributed by atoms with E-state index in [1.54, 1.807) is 0 Å². The first kappa shape index (κ1) is 12.2. The molecule has 0 aliphatic carbocycles. The highest BCUT2D eigenvalue weighted by atomic mass is 15.1. The number of hydrogen-bond donors (Lipinski definition) is 2. The second-order valence-electron chi connectivity index (χ2n) is 4.92. The third-order valence-electron chi connectivity index (χ3n) is 3.37. The number of rotatable bonds is 5. The number of benzene rings is 1. The maximum absolute atomic E-state index is 5.95. The molecule has 0 spiro atoms. The van der Waals surface area contributed by atoms with Gasteiger partial charge in [-0.2, -0.15) is 0 Å². The quantitative estimate of drug-likeness (QED) is 0.606. The van der Waals surface area contributed by atoms with Gasteiger partial charge < -0.3 is 16.0 Å². The van der Waals surface area contributed by atoms with Crippen molar-refractivity contribution in [1.29, 1.82) is 0 Å². The van der Waals surface area contributed by atoms with Gasteiger partial charge in [0.2, 0.25) is 0 Å². The summed E-state index contributed by atoms with van der Waals surface area (Å²) in [5.74, 6) is 0. The number of nitrogens with zero attached hydrogens (tertiary/aromatic N) is 1. The molecule has 0 atom stereocenters. The van der Waals surface area contributed by atoms with E-state index >= 15 is 0 Å². The first-order chi connectivity index (χ1) is 8.25. The highest BCUT2D eigenvalue weighted by Crippen LogP contribution is 2.19. The van der Waals surface area contributed by atoms with Crippen LogP contribution in [0.2, 0.25) is 0 Å². The van der Waals surface area contributed by atoms with Crippen LogP contribution in [0.15, 0.2) is 18.2 Å². The van der Waals surface area contributed by atoms with E-state index in [2.05, 4.69) is 29.3 Å². The van der Waals surface area contributed by atoms with E-state index in [0.717, 1.165) is 17.9 Å². The van der Waals surface area contributed by atoms with Crippen LogP contribution in [0.25, 0.3) is 0 Å². The fourth-order valence-corrected chi connectivity index (χ4v) is 2.38. The van der Waals surface area contributed by atoms with Crippen LogP contribution in [0.5, 0.6) is 0 Å². The van der Waals surface area contributed by atoms with Crippen LogP contribution in [0.1, 0.15) is 24.8 Å². The van der Waals surface area contributed by atoms with Gasteiger partial charge in [0.05, 0.1) is 11.4 Å². The highest BCUT2D eigenvalue weighted by molar-refractivity contribution is 5.66. The van der Waals surface area contributed by atoms with Gasteiger partial charge in [0.1, 0.15) is 0 Å². The zero-order chi connectivity index (χ0) is 12.1. The summed E-state index contributed by atoms with van der Waals surface area (Å²) in [5, 5.41) is 3.41. The van der Waals surface area contributed by atoms with Gasteiger partial charge in [0.15, 0.2) is 0 Å². The maximum Gasteiger partial charge on any atom is 0.0574 e. The summed E-state index contributed by atoms with van der Waals surface area (Å²) >= 11 is 0. The highest BCUT2D eigenvalue weighted by Gasteiger charge is 2.10. The Bertz CT molecular complexity index is 356. The average molecular weight is 233 g/mol. The molecule has 94 valence electrons. The van der Waals surface area contributed by atoms with Crippen LogP contribution >= 0.6 is 0 Å². The molecule has 0 saturated carbocycles. The first-order valence-electron chi connectivity index (χ1n) is 6.58. The second-order valence-corrected chi connectivity index (χ2v) is 4.92. The Morgan fingerprint density at radius 1 is 1.29 bits per heavy atom. The molecular formula is C14H23N3. The maximum atomic E-state index is 5.95. The summed E-state index contributed by atoms with van der Waals surface area (Å²) in [7, 11) is 0. The molecule has 1 fully saturated rings. The van der Waals surface area contributed by atoms with E-state index in [4.69, 9.17) is 5.73 Å². The van der Waals surface area contributed by atoms with Crippen molar-refractivity contribution in [1.82, 2.24) is 4.90 Å². The van der Waals surface area contributed by atoms with Crippen molar-refractivity contribution in [2.45, 2.75) is 26.2 Å². The minimum absolute atomic E-state index is 0.853. The Balaban J connectivity index is 1.70. The largest absolute Gasteiger partial charge is 0.397 e. The van der Waals surface area contributed by atoms with Gasteiger partial charge in [0, 0.05) is 6.54 Å². The molecule has 1 aliphatic heterocycles. The predicted octanol–water partition coefficient (Wildman–Crippen LogP) is 2.48. The van der Waals surface area contributed by atoms with Crippen LogP contribution in [0.3, 0.4) is 0 Å². The molecule has 0 aromatic heterocycles. The number of aryl methyl sites for hydroxylation is 1. The summed E-state index contributed by atoms with van der Waals surface area (Å²) in [5.41, 5.74) is 9.09. The van der Waals surface area contributed by atoms with Gasteiger partial charge in [-0.25, -0.2) is 0 Å². The summed E-state index contributed by atoms with van der Waals surface area (Å²) < 4.78 is 0. The summed E-state index contributed by atoms with van der Waals surface area (Å²) in [4.78, 5) is 2.54. The van der Waals surface area contributed by atoms with Crippen molar-refractivity contribution in [2.75, 3.05) is 37.2 Å². The third-order valence-corrected chi connectivity index (χ3v) is 3.37. The van der Waals surface area contributed by atoms with Crippen LogP contribution in [-0.4, -0.2) is 31.1 Å². The molecule has 3 nitrogen and oxygen atoms in total. The molecule has 0 bridgehead atoms. The van der Waals surface area contributed by atoms with Gasteiger partial charge in [-0.05, 0) is 63.5 Å². The number of likely N-dealkylation sites (tertiary alicyclic amines) is 1. The minimum Gasteiger partial charge on any atom is -0.397 e. The molecule has 1 aliphatic rings. The molecule has 1 heterocycles. The fourth-order valence-electron chi connectivity index (χ4n) is 2.38. The number of hydrogen-bond acceptors (Lipinski definition) is 3. The zero-order valence-electron chi connectivity index (χ0n) is 10.7. The lowest BCUT2D eigenvalue weighted by atomic mass is 10.2. The standard InChI is InChI=1S/C14H23N3/c1-12-5-6-14(13(15)11-12)16-7-4-10-17-8-2-3-9-17/h5-6,11,16H,2-4,7-10,15H2,1H3. The molecular weight excluding hydrogens is 210 g/mol. The number of nitrogens with one attached hydrogen (secondary N) is 1. The van der Waals surface area contributed by atoms with Crippen molar-refractivity contribution >= 4 is 11.4 Å².